The van der Waals surface area contributed by atoms with Gasteiger partial charge in [0.05, 0.1) is 6.42 Å². The summed E-state index contributed by atoms with van der Waals surface area (Å²) in [5.41, 5.74) is 3.63. The maximum Gasteiger partial charge on any atom is 0.244 e. The Labute approximate surface area is 181 Å². The average Bonchev–Trinajstić information content (AvgIpc) is 3.23. The molecule has 31 heavy (non-hydrogen) atoms. The van der Waals surface area contributed by atoms with E-state index in [1.54, 1.807) is 23.1 Å². The van der Waals surface area contributed by atoms with Crippen LogP contribution in [0.2, 0.25) is 0 Å². The lowest BCUT2D eigenvalue weighted by atomic mass is 10.1. The molecule has 1 aliphatic rings. The second kappa shape index (κ2) is 9.34. The number of benzene rings is 3. The molecule has 0 aromatic heterocycles. The third-order valence-corrected chi connectivity index (χ3v) is 5.04. The highest BCUT2D eigenvalue weighted by molar-refractivity contribution is 5.95. The molecular weight excluding hydrogens is 392 g/mol. The van der Waals surface area contributed by atoms with E-state index in [0.29, 0.717) is 23.7 Å². The number of fused-ring (bicyclic) bond motifs is 1. The van der Waals surface area contributed by atoms with E-state index in [1.807, 2.05) is 61.5 Å². The number of hydrogen-bond acceptors (Lipinski definition) is 4. The van der Waals surface area contributed by atoms with Crippen LogP contribution in [0.5, 0.6) is 11.5 Å². The first-order valence-electron chi connectivity index (χ1n) is 10.1. The summed E-state index contributed by atoms with van der Waals surface area (Å²) in [6, 6.07) is 22.7. The molecule has 1 aliphatic heterocycles. The fourth-order valence-electron chi connectivity index (χ4n) is 3.38. The van der Waals surface area contributed by atoms with Crippen molar-refractivity contribution >= 4 is 17.5 Å². The number of carbonyl (C=O) groups excluding carboxylic acids is 2. The number of amides is 2. The Bertz CT molecular complexity index is 1060. The minimum Gasteiger partial charge on any atom is -0.454 e. The van der Waals surface area contributed by atoms with E-state index in [0.717, 1.165) is 16.7 Å². The molecule has 0 spiro atoms. The number of ether oxygens (including phenoxy) is 2. The Kier molecular flexibility index (Phi) is 6.17. The van der Waals surface area contributed by atoms with Crippen LogP contribution in [0.15, 0.2) is 72.8 Å². The molecule has 0 saturated heterocycles. The van der Waals surface area contributed by atoms with Gasteiger partial charge < -0.3 is 19.7 Å². The van der Waals surface area contributed by atoms with Crippen molar-refractivity contribution in [2.45, 2.75) is 19.9 Å². The Morgan fingerprint density at radius 1 is 0.903 bits per heavy atom. The summed E-state index contributed by atoms with van der Waals surface area (Å²) < 4.78 is 10.7. The van der Waals surface area contributed by atoms with Crippen molar-refractivity contribution in [3.63, 3.8) is 0 Å². The molecule has 0 unspecified atom stereocenters. The van der Waals surface area contributed by atoms with Crippen molar-refractivity contribution in [3.05, 3.63) is 89.5 Å². The van der Waals surface area contributed by atoms with Crippen LogP contribution in [0.3, 0.4) is 0 Å². The topological polar surface area (TPSA) is 67.9 Å². The molecule has 2 amide bonds. The normalized spacial score (nSPS) is 11.8. The van der Waals surface area contributed by atoms with Crippen molar-refractivity contribution in [2.75, 3.05) is 18.7 Å². The van der Waals surface area contributed by atoms with Crippen molar-refractivity contribution in [3.8, 4) is 11.5 Å². The van der Waals surface area contributed by atoms with Crippen LogP contribution in [0.1, 0.15) is 16.7 Å². The molecule has 6 nitrogen and oxygen atoms in total. The van der Waals surface area contributed by atoms with Crippen LogP contribution in [0.25, 0.3) is 0 Å². The average molecular weight is 416 g/mol. The molecule has 1 N–H and O–H groups in total. The zero-order chi connectivity index (χ0) is 21.6. The number of carbonyl (C=O) groups is 2. The van der Waals surface area contributed by atoms with E-state index in [-0.39, 0.29) is 31.6 Å². The third-order valence-electron chi connectivity index (χ3n) is 5.04. The van der Waals surface area contributed by atoms with E-state index >= 15 is 0 Å². The summed E-state index contributed by atoms with van der Waals surface area (Å²) in [6.45, 7) is 2.50. The van der Waals surface area contributed by atoms with Crippen LogP contribution in [0, 0.1) is 6.92 Å². The van der Waals surface area contributed by atoms with Gasteiger partial charge in [-0.3, -0.25) is 9.59 Å². The molecule has 0 saturated carbocycles. The van der Waals surface area contributed by atoms with Gasteiger partial charge in [-0.25, -0.2) is 0 Å². The number of nitrogens with zero attached hydrogens (tertiary/aromatic N) is 1. The molecule has 6 heteroatoms. The zero-order valence-electron chi connectivity index (χ0n) is 17.3. The van der Waals surface area contributed by atoms with Gasteiger partial charge in [0, 0.05) is 18.3 Å². The molecule has 3 aromatic rings. The smallest absolute Gasteiger partial charge is 0.244 e. The van der Waals surface area contributed by atoms with Gasteiger partial charge in [-0.2, -0.15) is 0 Å². The molecule has 3 aromatic carbocycles. The third kappa shape index (κ3) is 5.42. The lowest BCUT2D eigenvalue weighted by Gasteiger charge is -2.23. The summed E-state index contributed by atoms with van der Waals surface area (Å²) in [5.74, 6) is 0.867. The van der Waals surface area contributed by atoms with Crippen molar-refractivity contribution < 1.29 is 19.1 Å². The van der Waals surface area contributed by atoms with Crippen LogP contribution in [0.4, 0.5) is 5.69 Å². The molecule has 0 radical (unpaired) electrons. The Morgan fingerprint density at radius 2 is 1.65 bits per heavy atom. The zero-order valence-corrected chi connectivity index (χ0v) is 17.3. The monoisotopic (exact) mass is 416 g/mol. The Hall–Kier alpha value is -3.80. The van der Waals surface area contributed by atoms with Gasteiger partial charge in [0.2, 0.25) is 18.6 Å². The lowest BCUT2D eigenvalue weighted by Crippen LogP contribution is -2.38. The number of anilines is 1. The fraction of sp³-hybridized carbons (Fsp3) is 0.200. The quantitative estimate of drug-likeness (QED) is 0.634. The number of aryl methyl sites for hydroxylation is 1. The highest BCUT2D eigenvalue weighted by atomic mass is 16.7. The summed E-state index contributed by atoms with van der Waals surface area (Å²) in [7, 11) is 0. The van der Waals surface area contributed by atoms with Crippen LogP contribution in [-0.4, -0.2) is 30.1 Å². The predicted molar refractivity (Wildman–Crippen MR) is 118 cm³/mol. The second-order valence-electron chi connectivity index (χ2n) is 7.51. The molecule has 158 valence electrons. The van der Waals surface area contributed by atoms with E-state index < -0.39 is 0 Å². The summed E-state index contributed by atoms with van der Waals surface area (Å²) in [4.78, 5) is 27.4. The van der Waals surface area contributed by atoms with Gasteiger partial charge in [-0.15, -0.1) is 0 Å². The Morgan fingerprint density at radius 3 is 2.42 bits per heavy atom. The lowest BCUT2D eigenvalue weighted by molar-refractivity contribution is -0.134. The van der Waals surface area contributed by atoms with E-state index in [9.17, 15) is 9.59 Å². The number of hydrogen-bond donors (Lipinski definition) is 1. The standard InChI is InChI=1S/C25H24N2O4/c1-18-7-9-20(10-8-18)15-27(25(29)13-19-5-3-2-4-6-19)16-24(28)26-21-11-12-22-23(14-21)31-17-30-22/h2-12,14H,13,15-17H2,1H3,(H,26,28). The van der Waals surface area contributed by atoms with E-state index in [2.05, 4.69) is 5.32 Å². The summed E-state index contributed by atoms with van der Waals surface area (Å²) in [5, 5.41) is 2.85. The van der Waals surface area contributed by atoms with Gasteiger partial charge in [0.1, 0.15) is 6.54 Å². The second-order valence-corrected chi connectivity index (χ2v) is 7.51. The minimum atomic E-state index is -0.271. The SMILES string of the molecule is Cc1ccc(CN(CC(=O)Nc2ccc3c(c2)OCO3)C(=O)Cc2ccccc2)cc1. The highest BCUT2D eigenvalue weighted by Crippen LogP contribution is 2.34. The van der Waals surface area contributed by atoms with Crippen LogP contribution < -0.4 is 14.8 Å². The minimum absolute atomic E-state index is 0.0476. The van der Waals surface area contributed by atoms with Crippen molar-refractivity contribution in [1.29, 1.82) is 0 Å². The molecule has 0 bridgehead atoms. The number of rotatable bonds is 7. The fourth-order valence-corrected chi connectivity index (χ4v) is 3.38. The first kappa shape index (κ1) is 20.5. The predicted octanol–water partition coefficient (Wildman–Crippen LogP) is 3.93. The Balaban J connectivity index is 1.46. The molecule has 0 aliphatic carbocycles. The molecule has 1 heterocycles. The van der Waals surface area contributed by atoms with Gasteiger partial charge in [0.15, 0.2) is 11.5 Å². The van der Waals surface area contributed by atoms with Crippen molar-refractivity contribution in [1.82, 2.24) is 4.90 Å². The maximum atomic E-state index is 13.0. The van der Waals surface area contributed by atoms with Crippen LogP contribution in [-0.2, 0) is 22.6 Å². The summed E-state index contributed by atoms with van der Waals surface area (Å²) >= 11 is 0. The van der Waals surface area contributed by atoms with Crippen LogP contribution >= 0.6 is 0 Å². The summed E-state index contributed by atoms with van der Waals surface area (Å²) in [6.07, 6.45) is 0.240. The van der Waals surface area contributed by atoms with Gasteiger partial charge >= 0.3 is 0 Å². The largest absolute Gasteiger partial charge is 0.454 e. The number of nitrogens with one attached hydrogen (secondary N) is 1. The first-order valence-corrected chi connectivity index (χ1v) is 10.1. The highest BCUT2D eigenvalue weighted by Gasteiger charge is 2.19. The maximum absolute atomic E-state index is 13.0. The van der Waals surface area contributed by atoms with E-state index in [4.69, 9.17) is 9.47 Å². The van der Waals surface area contributed by atoms with Crippen molar-refractivity contribution in [2.24, 2.45) is 0 Å². The van der Waals surface area contributed by atoms with Gasteiger partial charge in [-0.1, -0.05) is 60.2 Å². The molecular formula is C25H24N2O4. The van der Waals surface area contributed by atoms with Gasteiger partial charge in [0.25, 0.3) is 0 Å². The van der Waals surface area contributed by atoms with E-state index in [1.165, 1.54) is 0 Å². The first-order chi connectivity index (χ1) is 15.1. The van der Waals surface area contributed by atoms with Gasteiger partial charge in [-0.05, 0) is 30.2 Å². The molecule has 4 rings (SSSR count). The molecule has 0 fully saturated rings. The molecule has 0 atom stereocenters.